The summed E-state index contributed by atoms with van der Waals surface area (Å²) in [5.41, 5.74) is 0. The summed E-state index contributed by atoms with van der Waals surface area (Å²) in [7, 11) is 0. The molecule has 4 aliphatic rings. The van der Waals surface area contributed by atoms with Gasteiger partial charge in [-0.3, -0.25) is 0 Å². The first-order valence-electron chi connectivity index (χ1n) is 7.45. The molecule has 0 amide bonds. The average Bonchev–Trinajstić information content (AvgIpc) is 3.33. The molecule has 1 atom stereocenters. The van der Waals surface area contributed by atoms with Gasteiger partial charge in [-0.15, -0.1) is 47.0 Å². The zero-order valence-corrected chi connectivity index (χ0v) is 19.0. The third-order valence-electron chi connectivity index (χ3n) is 3.55. The Hall–Kier alpha value is 1.30. The van der Waals surface area contributed by atoms with Crippen LogP contribution in [0.15, 0.2) is 49.9 Å². The van der Waals surface area contributed by atoms with Crippen molar-refractivity contribution in [2.45, 2.75) is 11.8 Å². The van der Waals surface area contributed by atoms with Gasteiger partial charge >= 0.3 is 0 Å². The molecule has 0 saturated heterocycles. The molecule has 126 valence electrons. The third-order valence-corrected chi connectivity index (χ3v) is 15.9. The summed E-state index contributed by atoms with van der Waals surface area (Å²) in [5, 5.41) is 0.680. The fraction of sp³-hybridized carbons (Fsp3) is 0.333. The number of nitrogens with zero attached hydrogens (tertiary/aromatic N) is 1. The Morgan fingerprint density at radius 3 is 2.00 bits per heavy atom. The van der Waals surface area contributed by atoms with Crippen molar-refractivity contribution in [3.05, 3.63) is 49.9 Å². The standard InChI is InChI=1S/C15H13NS8/c1-2-4-16(3-1)7-9-8-19-12-13(20-9)24-15(23-12)14-21-10-11(22-14)18-6-5-17-10/h1-4,9H,5-8H2. The van der Waals surface area contributed by atoms with Gasteiger partial charge in [-0.05, 0) is 12.1 Å². The lowest BCUT2D eigenvalue weighted by atomic mass is 10.4. The van der Waals surface area contributed by atoms with Gasteiger partial charge in [0.05, 0.1) is 25.4 Å². The molecule has 1 aromatic rings. The summed E-state index contributed by atoms with van der Waals surface area (Å²) in [4.78, 5) is 0. The minimum atomic E-state index is 0.680. The Morgan fingerprint density at radius 1 is 0.750 bits per heavy atom. The molecule has 0 N–H and O–H groups in total. The second-order valence-corrected chi connectivity index (χ2v) is 15.4. The average molecular weight is 464 g/mol. The Balaban J connectivity index is 1.26. The molecule has 0 aliphatic carbocycles. The van der Waals surface area contributed by atoms with Crippen LogP contribution in [0.25, 0.3) is 0 Å². The van der Waals surface area contributed by atoms with Crippen LogP contribution < -0.4 is 0 Å². The maximum absolute atomic E-state index is 2.31. The van der Waals surface area contributed by atoms with Crippen LogP contribution in [0.2, 0.25) is 0 Å². The van der Waals surface area contributed by atoms with E-state index in [-0.39, 0.29) is 0 Å². The van der Waals surface area contributed by atoms with E-state index in [4.69, 9.17) is 0 Å². The van der Waals surface area contributed by atoms with Crippen molar-refractivity contribution in [2.75, 3.05) is 17.3 Å². The fourth-order valence-electron chi connectivity index (χ4n) is 2.49. The van der Waals surface area contributed by atoms with Crippen molar-refractivity contribution in [3.8, 4) is 0 Å². The van der Waals surface area contributed by atoms with Gasteiger partial charge in [0, 0.05) is 41.4 Å². The summed E-state index contributed by atoms with van der Waals surface area (Å²) >= 11 is 16.3. The van der Waals surface area contributed by atoms with Gasteiger partial charge < -0.3 is 4.57 Å². The molecule has 0 spiro atoms. The summed E-state index contributed by atoms with van der Waals surface area (Å²) in [6.45, 7) is 1.12. The molecule has 0 bridgehead atoms. The summed E-state index contributed by atoms with van der Waals surface area (Å²) in [6.07, 6.45) is 4.35. The Morgan fingerprint density at radius 2 is 1.33 bits per heavy atom. The molecule has 9 heteroatoms. The van der Waals surface area contributed by atoms with Crippen LogP contribution in [-0.2, 0) is 6.54 Å². The molecule has 1 aromatic heterocycles. The van der Waals surface area contributed by atoms with Gasteiger partial charge in [-0.25, -0.2) is 0 Å². The molecule has 1 nitrogen and oxygen atoms in total. The second kappa shape index (κ2) is 7.73. The van der Waals surface area contributed by atoms with E-state index in [2.05, 4.69) is 52.6 Å². The lowest BCUT2D eigenvalue weighted by Gasteiger charge is -2.21. The van der Waals surface area contributed by atoms with E-state index in [0.717, 1.165) is 6.54 Å². The molecule has 5 heterocycles. The SMILES string of the molecule is c1ccn(CC2CSC3=C(SC(=C4SC5=C(SCCS5)S4)S3)S2)c1. The van der Waals surface area contributed by atoms with E-state index in [9.17, 15) is 0 Å². The first-order chi connectivity index (χ1) is 11.8. The van der Waals surface area contributed by atoms with Gasteiger partial charge in [-0.1, -0.05) is 47.0 Å². The molecule has 1 unspecified atom stereocenters. The summed E-state index contributed by atoms with van der Waals surface area (Å²) in [6, 6.07) is 4.24. The highest BCUT2D eigenvalue weighted by Crippen LogP contribution is 2.68. The van der Waals surface area contributed by atoms with Gasteiger partial charge in [-0.2, -0.15) is 0 Å². The van der Waals surface area contributed by atoms with Gasteiger partial charge in [0.2, 0.25) is 0 Å². The van der Waals surface area contributed by atoms with Crippen molar-refractivity contribution in [2.24, 2.45) is 0 Å². The number of hydrogen-bond donors (Lipinski definition) is 0. The maximum atomic E-state index is 2.31. The van der Waals surface area contributed by atoms with Crippen molar-refractivity contribution in [1.82, 2.24) is 4.57 Å². The summed E-state index contributed by atoms with van der Waals surface area (Å²) in [5.74, 6) is 3.75. The van der Waals surface area contributed by atoms with E-state index in [0.29, 0.717) is 5.25 Å². The lowest BCUT2D eigenvalue weighted by molar-refractivity contribution is 0.702. The van der Waals surface area contributed by atoms with Gasteiger partial charge in [0.15, 0.2) is 0 Å². The normalized spacial score (nSPS) is 27.1. The number of rotatable bonds is 2. The zero-order valence-electron chi connectivity index (χ0n) is 12.4. The highest BCUT2D eigenvalue weighted by molar-refractivity contribution is 8.45. The Labute approximate surface area is 176 Å². The quantitative estimate of drug-likeness (QED) is 0.449. The molecule has 24 heavy (non-hydrogen) atoms. The first-order valence-corrected chi connectivity index (χ1v) is 14.6. The third kappa shape index (κ3) is 3.66. The highest BCUT2D eigenvalue weighted by Gasteiger charge is 2.34. The lowest BCUT2D eigenvalue weighted by Crippen LogP contribution is -2.16. The zero-order chi connectivity index (χ0) is 15.9. The minimum absolute atomic E-state index is 0.680. The monoisotopic (exact) mass is 463 g/mol. The highest BCUT2D eigenvalue weighted by atomic mass is 32.3. The predicted octanol–water partition coefficient (Wildman–Crippen LogP) is 7.16. The second-order valence-electron chi connectivity index (χ2n) is 5.26. The molecule has 5 rings (SSSR count). The first kappa shape index (κ1) is 17.4. The van der Waals surface area contributed by atoms with E-state index in [1.807, 2.05) is 70.6 Å². The van der Waals surface area contributed by atoms with Crippen LogP contribution in [-0.4, -0.2) is 27.1 Å². The molecule has 0 fully saturated rings. The molecule has 0 saturated carbocycles. The molecule has 0 radical (unpaired) electrons. The molecular formula is C15H13NS8. The van der Waals surface area contributed by atoms with Crippen molar-refractivity contribution < 1.29 is 0 Å². The van der Waals surface area contributed by atoms with Crippen molar-refractivity contribution in [3.63, 3.8) is 0 Å². The largest absolute Gasteiger partial charge is 0.353 e. The number of hydrogen-bond acceptors (Lipinski definition) is 8. The maximum Gasteiger partial charge on any atom is 0.0717 e. The van der Waals surface area contributed by atoms with E-state index in [1.54, 1.807) is 16.9 Å². The predicted molar refractivity (Wildman–Crippen MR) is 125 cm³/mol. The van der Waals surface area contributed by atoms with Crippen LogP contribution in [0.3, 0.4) is 0 Å². The smallest absolute Gasteiger partial charge is 0.0717 e. The van der Waals surface area contributed by atoms with E-state index in [1.165, 1.54) is 25.7 Å². The van der Waals surface area contributed by atoms with Gasteiger partial charge in [0.1, 0.15) is 0 Å². The minimum Gasteiger partial charge on any atom is -0.353 e. The van der Waals surface area contributed by atoms with Crippen molar-refractivity contribution >= 4 is 94.1 Å². The Bertz CT molecular complexity index is 728. The van der Waals surface area contributed by atoms with E-state index >= 15 is 0 Å². The van der Waals surface area contributed by atoms with Crippen LogP contribution in [0, 0.1) is 0 Å². The molecule has 0 aromatic carbocycles. The Kier molecular flexibility index (Phi) is 5.61. The number of thioether (sulfide) groups is 8. The van der Waals surface area contributed by atoms with Crippen LogP contribution in [0.1, 0.15) is 0 Å². The van der Waals surface area contributed by atoms with Crippen LogP contribution >= 0.6 is 94.1 Å². The summed E-state index contributed by atoms with van der Waals surface area (Å²) < 4.78 is 11.5. The van der Waals surface area contributed by atoms with Crippen molar-refractivity contribution in [1.29, 1.82) is 0 Å². The molecule has 4 aliphatic heterocycles. The van der Waals surface area contributed by atoms with E-state index < -0.39 is 0 Å². The van der Waals surface area contributed by atoms with Crippen LogP contribution in [0.4, 0.5) is 0 Å². The van der Waals surface area contributed by atoms with Gasteiger partial charge in [0.25, 0.3) is 0 Å². The molecular weight excluding hydrogens is 451 g/mol. The number of aromatic nitrogens is 1. The van der Waals surface area contributed by atoms with Crippen LogP contribution in [0.5, 0.6) is 0 Å². The topological polar surface area (TPSA) is 4.93 Å². The fourth-order valence-corrected chi connectivity index (χ4v) is 15.1.